The molecule has 1 aliphatic rings. The fraction of sp³-hybridized carbons (Fsp3) is 0.444. The molecule has 0 amide bonds. The Kier molecular flexibility index (Phi) is 6.27. The molecule has 1 aliphatic heterocycles. The van der Waals surface area contributed by atoms with Crippen LogP contribution >= 0.6 is 11.3 Å². The summed E-state index contributed by atoms with van der Waals surface area (Å²) in [6.07, 6.45) is 3.33. The minimum absolute atomic E-state index is 0.211. The van der Waals surface area contributed by atoms with E-state index in [1.807, 2.05) is 12.1 Å². The molecule has 1 aromatic carbocycles. The van der Waals surface area contributed by atoms with Crippen LogP contribution in [-0.4, -0.2) is 41.3 Å². The molecule has 0 aliphatic carbocycles. The molecule has 4 heterocycles. The van der Waals surface area contributed by atoms with Crippen LogP contribution in [0.5, 0.6) is 11.5 Å². The van der Waals surface area contributed by atoms with E-state index in [2.05, 4.69) is 44.1 Å². The highest BCUT2D eigenvalue weighted by atomic mass is 32.1. The van der Waals surface area contributed by atoms with Crippen molar-refractivity contribution in [1.29, 1.82) is 0 Å². The Morgan fingerprint density at radius 2 is 1.91 bits per heavy atom. The summed E-state index contributed by atoms with van der Waals surface area (Å²) in [5, 5.41) is 4.69. The number of thiophene rings is 1. The molecule has 4 aromatic rings. The molecule has 5 rings (SSSR count). The molecular weight excluding hydrogens is 460 g/mol. The second-order valence-electron chi connectivity index (χ2n) is 9.88. The van der Waals surface area contributed by atoms with E-state index in [9.17, 15) is 0 Å². The van der Waals surface area contributed by atoms with Gasteiger partial charge in [-0.2, -0.15) is 0 Å². The maximum Gasteiger partial charge on any atom is 0.160 e. The summed E-state index contributed by atoms with van der Waals surface area (Å²) in [5.41, 5.74) is 5.62. The molecule has 7 nitrogen and oxygen atoms in total. The van der Waals surface area contributed by atoms with E-state index in [0.717, 1.165) is 68.4 Å². The minimum Gasteiger partial charge on any atom is -0.493 e. The predicted molar refractivity (Wildman–Crippen MR) is 141 cm³/mol. The van der Waals surface area contributed by atoms with Crippen LogP contribution in [0.25, 0.3) is 20.4 Å². The van der Waals surface area contributed by atoms with Crippen molar-refractivity contribution in [3.05, 3.63) is 46.9 Å². The van der Waals surface area contributed by atoms with E-state index >= 15 is 0 Å². The van der Waals surface area contributed by atoms with Crippen molar-refractivity contribution < 1.29 is 14.2 Å². The number of nitrogens with zero attached hydrogens (tertiary/aromatic N) is 3. The molecule has 3 aromatic heterocycles. The van der Waals surface area contributed by atoms with Crippen molar-refractivity contribution in [3.63, 3.8) is 0 Å². The molecule has 0 atom stereocenters. The molecule has 0 fully saturated rings. The first-order valence-electron chi connectivity index (χ1n) is 12.0. The number of hydrogen-bond acceptors (Lipinski definition) is 8. The number of pyridine rings is 1. The molecule has 0 spiro atoms. The standard InChI is InChI=1S/C27H32N4O3S/c1-15(2)22-18-13-34-27(3,4)12-17(18)21-23-24(35-26(21)31-22)25(30-14-29-23)28-10-9-16-7-8-19(32-5)20(11-16)33-6/h7-8,11,14-15H,9-10,12-13H2,1-6H3,(H,28,29,30). The average molecular weight is 493 g/mol. The third kappa shape index (κ3) is 4.41. The van der Waals surface area contributed by atoms with Gasteiger partial charge in [-0.1, -0.05) is 19.9 Å². The summed E-state index contributed by atoms with van der Waals surface area (Å²) in [5.74, 6) is 2.65. The number of hydrogen-bond donors (Lipinski definition) is 1. The van der Waals surface area contributed by atoms with Crippen LogP contribution in [0.15, 0.2) is 24.5 Å². The number of fused-ring (bicyclic) bond motifs is 5. The summed E-state index contributed by atoms with van der Waals surface area (Å²) in [7, 11) is 3.30. The molecule has 1 N–H and O–H groups in total. The summed E-state index contributed by atoms with van der Waals surface area (Å²) in [6.45, 7) is 10.0. The van der Waals surface area contributed by atoms with E-state index < -0.39 is 0 Å². The first-order chi connectivity index (χ1) is 16.8. The van der Waals surface area contributed by atoms with Gasteiger partial charge in [0.15, 0.2) is 11.5 Å². The van der Waals surface area contributed by atoms with Crippen molar-refractivity contribution in [2.24, 2.45) is 0 Å². The topological polar surface area (TPSA) is 78.4 Å². The first kappa shape index (κ1) is 23.8. The number of benzene rings is 1. The zero-order chi connectivity index (χ0) is 24.7. The van der Waals surface area contributed by atoms with E-state index in [-0.39, 0.29) is 5.60 Å². The fourth-order valence-electron chi connectivity index (χ4n) is 4.80. The van der Waals surface area contributed by atoms with Crippen molar-refractivity contribution in [2.75, 3.05) is 26.1 Å². The Labute approximate surface area is 209 Å². The number of nitrogens with one attached hydrogen (secondary N) is 1. The highest BCUT2D eigenvalue weighted by molar-refractivity contribution is 7.26. The maximum atomic E-state index is 6.17. The van der Waals surface area contributed by atoms with Crippen molar-refractivity contribution in [1.82, 2.24) is 15.0 Å². The van der Waals surface area contributed by atoms with Gasteiger partial charge < -0.3 is 19.5 Å². The molecule has 35 heavy (non-hydrogen) atoms. The first-order valence-corrected chi connectivity index (χ1v) is 12.8. The van der Waals surface area contributed by atoms with Gasteiger partial charge in [-0.25, -0.2) is 15.0 Å². The molecule has 184 valence electrons. The highest BCUT2D eigenvalue weighted by Crippen LogP contribution is 2.43. The van der Waals surface area contributed by atoms with Crippen LogP contribution in [-0.2, 0) is 24.2 Å². The normalized spacial score (nSPS) is 14.9. The second-order valence-corrected chi connectivity index (χ2v) is 10.9. The highest BCUT2D eigenvalue weighted by Gasteiger charge is 2.32. The van der Waals surface area contributed by atoms with Crippen LogP contribution in [0.2, 0.25) is 0 Å². The summed E-state index contributed by atoms with van der Waals surface area (Å²) >= 11 is 1.67. The predicted octanol–water partition coefficient (Wildman–Crippen LogP) is 5.89. The molecule has 0 unspecified atom stereocenters. The SMILES string of the molecule is COc1ccc(CCNc2ncnc3c2sc2nc(C(C)C)c4c(c23)CC(C)(C)OC4)cc1OC. The zero-order valence-electron chi connectivity index (χ0n) is 21.2. The third-order valence-corrected chi connectivity index (χ3v) is 7.64. The molecule has 0 saturated heterocycles. The van der Waals surface area contributed by atoms with Gasteiger partial charge in [-0.15, -0.1) is 11.3 Å². The lowest BCUT2D eigenvalue weighted by atomic mass is 9.87. The third-order valence-electron chi connectivity index (χ3n) is 6.56. The van der Waals surface area contributed by atoms with Crippen LogP contribution < -0.4 is 14.8 Å². The fourth-order valence-corrected chi connectivity index (χ4v) is 5.93. The van der Waals surface area contributed by atoms with E-state index in [4.69, 9.17) is 24.2 Å². The van der Waals surface area contributed by atoms with Gasteiger partial charge in [0.25, 0.3) is 0 Å². The molecule has 0 radical (unpaired) electrons. The quantitative estimate of drug-likeness (QED) is 0.345. The smallest absolute Gasteiger partial charge is 0.160 e. The zero-order valence-corrected chi connectivity index (χ0v) is 22.0. The van der Waals surface area contributed by atoms with E-state index in [0.29, 0.717) is 12.5 Å². The number of methoxy groups -OCH3 is 2. The summed E-state index contributed by atoms with van der Waals surface area (Å²) < 4.78 is 18.0. The lowest BCUT2D eigenvalue weighted by molar-refractivity contribution is -0.0402. The van der Waals surface area contributed by atoms with Crippen molar-refractivity contribution in [3.8, 4) is 11.5 Å². The van der Waals surface area contributed by atoms with Gasteiger partial charge in [-0.3, -0.25) is 0 Å². The van der Waals surface area contributed by atoms with E-state index in [1.54, 1.807) is 31.9 Å². The maximum absolute atomic E-state index is 6.17. The Bertz CT molecular complexity index is 1400. The minimum atomic E-state index is -0.211. The van der Waals surface area contributed by atoms with Gasteiger partial charge >= 0.3 is 0 Å². The van der Waals surface area contributed by atoms with Gasteiger partial charge in [-0.05, 0) is 49.4 Å². The van der Waals surface area contributed by atoms with Gasteiger partial charge in [0, 0.05) is 23.9 Å². The second kappa shape index (κ2) is 9.24. The summed E-state index contributed by atoms with van der Waals surface area (Å²) in [6, 6.07) is 6.02. The van der Waals surface area contributed by atoms with Crippen molar-refractivity contribution in [2.45, 2.75) is 58.7 Å². The number of rotatable bonds is 7. The Balaban J connectivity index is 1.50. The van der Waals surface area contributed by atoms with Gasteiger partial charge in [0.1, 0.15) is 17.0 Å². The molecule has 8 heteroatoms. The summed E-state index contributed by atoms with van der Waals surface area (Å²) in [4.78, 5) is 15.4. The van der Waals surface area contributed by atoms with E-state index in [1.165, 1.54) is 11.1 Å². The molecule has 0 bridgehead atoms. The lowest BCUT2D eigenvalue weighted by Gasteiger charge is -2.33. The van der Waals surface area contributed by atoms with Crippen LogP contribution in [0.3, 0.4) is 0 Å². The molecule has 0 saturated carbocycles. The Morgan fingerprint density at radius 3 is 2.66 bits per heavy atom. The number of aromatic nitrogens is 3. The Morgan fingerprint density at radius 1 is 1.11 bits per heavy atom. The Hall–Kier alpha value is -2.97. The van der Waals surface area contributed by atoms with Gasteiger partial charge in [0.05, 0.1) is 42.3 Å². The van der Waals surface area contributed by atoms with Crippen molar-refractivity contribution >= 4 is 37.6 Å². The lowest BCUT2D eigenvalue weighted by Crippen LogP contribution is -2.32. The molecular formula is C27H32N4O3S. The van der Waals surface area contributed by atoms with Crippen LogP contribution in [0.4, 0.5) is 5.82 Å². The largest absolute Gasteiger partial charge is 0.493 e. The number of ether oxygens (including phenoxy) is 3. The van der Waals surface area contributed by atoms with Crippen LogP contribution in [0.1, 0.15) is 56.0 Å². The van der Waals surface area contributed by atoms with Crippen LogP contribution in [0, 0.1) is 0 Å². The monoisotopic (exact) mass is 492 g/mol. The number of anilines is 1. The van der Waals surface area contributed by atoms with Gasteiger partial charge in [0.2, 0.25) is 0 Å². The average Bonchev–Trinajstić information content (AvgIpc) is 3.22.